The van der Waals surface area contributed by atoms with E-state index in [0.717, 1.165) is 76.2 Å². The van der Waals surface area contributed by atoms with E-state index in [1.807, 2.05) is 24.3 Å². The van der Waals surface area contributed by atoms with Crippen LogP contribution in [0.1, 0.15) is 27.1 Å². The van der Waals surface area contributed by atoms with Crippen molar-refractivity contribution >= 4 is 28.5 Å². The van der Waals surface area contributed by atoms with Gasteiger partial charge in [0.05, 0.1) is 19.8 Å². The predicted octanol–water partition coefficient (Wildman–Crippen LogP) is 0.892. The van der Waals surface area contributed by atoms with Crippen LogP contribution < -0.4 is 5.32 Å². The smallest absolute Gasteiger partial charge is 0.261 e. The maximum atomic E-state index is 13.1. The Kier molecular flexibility index (Phi) is 7.91. The van der Waals surface area contributed by atoms with E-state index in [2.05, 4.69) is 20.0 Å². The summed E-state index contributed by atoms with van der Waals surface area (Å²) in [5, 5.41) is 4.72. The Morgan fingerprint density at radius 3 is 2.06 bits per heavy atom. The van der Waals surface area contributed by atoms with Crippen molar-refractivity contribution in [1.29, 1.82) is 0 Å². The van der Waals surface area contributed by atoms with Gasteiger partial charge < -0.3 is 10.1 Å². The molecule has 2 fully saturated rings. The Hall–Kier alpha value is -2.85. The Morgan fingerprint density at radius 1 is 0.778 bits per heavy atom. The maximum absolute atomic E-state index is 13.1. The zero-order valence-electron chi connectivity index (χ0n) is 20.8. The van der Waals surface area contributed by atoms with Crippen LogP contribution in [-0.4, -0.2) is 123 Å². The highest BCUT2D eigenvalue weighted by atomic mass is 16.5. The number of carbonyl (C=O) groups excluding carboxylic acids is 3. The first-order valence-corrected chi connectivity index (χ1v) is 13.0. The third-order valence-electron chi connectivity index (χ3n) is 7.40. The van der Waals surface area contributed by atoms with Gasteiger partial charge in [-0.1, -0.05) is 24.3 Å². The third-order valence-corrected chi connectivity index (χ3v) is 7.40. The van der Waals surface area contributed by atoms with E-state index in [1.165, 1.54) is 4.90 Å². The maximum Gasteiger partial charge on any atom is 0.261 e. The zero-order valence-corrected chi connectivity index (χ0v) is 20.8. The van der Waals surface area contributed by atoms with Crippen molar-refractivity contribution in [2.75, 3.05) is 85.2 Å². The lowest BCUT2D eigenvalue weighted by Crippen LogP contribution is -2.52. The normalized spacial score (nSPS) is 19.7. The van der Waals surface area contributed by atoms with Crippen molar-refractivity contribution in [2.24, 2.45) is 0 Å². The van der Waals surface area contributed by atoms with E-state index in [9.17, 15) is 14.4 Å². The molecule has 192 valence electrons. The average molecular weight is 494 g/mol. The summed E-state index contributed by atoms with van der Waals surface area (Å²) in [5.74, 6) is -0.357. The van der Waals surface area contributed by atoms with Gasteiger partial charge in [0.1, 0.15) is 0 Å². The second kappa shape index (κ2) is 11.5. The van der Waals surface area contributed by atoms with Crippen LogP contribution in [0.4, 0.5) is 0 Å². The number of hydrogen-bond acceptors (Lipinski definition) is 7. The van der Waals surface area contributed by atoms with E-state index in [0.29, 0.717) is 37.3 Å². The van der Waals surface area contributed by atoms with Crippen LogP contribution in [0.25, 0.3) is 10.8 Å². The van der Waals surface area contributed by atoms with Crippen LogP contribution in [-0.2, 0) is 9.53 Å². The summed E-state index contributed by atoms with van der Waals surface area (Å²) in [4.78, 5) is 46.7. The molecule has 0 bridgehead atoms. The number of rotatable bonds is 9. The fourth-order valence-corrected chi connectivity index (χ4v) is 5.31. The molecule has 3 amide bonds. The molecule has 0 saturated carbocycles. The third kappa shape index (κ3) is 5.59. The summed E-state index contributed by atoms with van der Waals surface area (Å²) in [6.07, 6.45) is 0.951. The van der Waals surface area contributed by atoms with Crippen molar-refractivity contribution in [1.82, 2.24) is 24.9 Å². The highest BCUT2D eigenvalue weighted by Gasteiger charge is 2.33. The summed E-state index contributed by atoms with van der Waals surface area (Å²) in [7, 11) is 0. The van der Waals surface area contributed by atoms with Gasteiger partial charge in [-0.15, -0.1) is 0 Å². The summed E-state index contributed by atoms with van der Waals surface area (Å²) in [6.45, 7) is 9.87. The number of piperazine rings is 1. The predicted molar refractivity (Wildman–Crippen MR) is 137 cm³/mol. The van der Waals surface area contributed by atoms with Crippen LogP contribution >= 0.6 is 0 Å². The van der Waals surface area contributed by atoms with Gasteiger partial charge in [0.25, 0.3) is 11.8 Å². The molecular weight excluding hydrogens is 458 g/mol. The molecule has 0 spiro atoms. The van der Waals surface area contributed by atoms with Gasteiger partial charge in [0.2, 0.25) is 5.91 Å². The minimum absolute atomic E-state index is 0.0720. The van der Waals surface area contributed by atoms with E-state index in [1.54, 1.807) is 12.1 Å². The van der Waals surface area contributed by atoms with Gasteiger partial charge in [-0.3, -0.25) is 34.0 Å². The minimum Gasteiger partial charge on any atom is -0.379 e. The molecule has 0 unspecified atom stereocenters. The van der Waals surface area contributed by atoms with Crippen molar-refractivity contribution in [3.05, 3.63) is 47.5 Å². The monoisotopic (exact) mass is 493 g/mol. The van der Waals surface area contributed by atoms with Crippen LogP contribution in [0.5, 0.6) is 0 Å². The molecule has 3 aliphatic rings. The number of imide groups is 1. The van der Waals surface area contributed by atoms with E-state index < -0.39 is 0 Å². The van der Waals surface area contributed by atoms with Gasteiger partial charge in [-0.2, -0.15) is 0 Å². The standard InChI is InChI=1S/C27H35N5O4/c33-24(28-8-3-9-29-16-18-36-19-17-29)20-31-12-10-30(11-13-31)14-15-32-26(34)22-6-1-4-21-5-2-7-23(25(21)22)27(32)35/h1-2,4-7H,3,8-20H2,(H,28,33). The molecule has 9 heteroatoms. The summed E-state index contributed by atoms with van der Waals surface area (Å²) >= 11 is 0. The van der Waals surface area contributed by atoms with Crippen LogP contribution in [0.3, 0.4) is 0 Å². The average Bonchev–Trinajstić information content (AvgIpc) is 2.91. The van der Waals surface area contributed by atoms with E-state index in [-0.39, 0.29) is 17.7 Å². The topological polar surface area (TPSA) is 85.4 Å². The zero-order chi connectivity index (χ0) is 24.9. The Bertz CT molecular complexity index is 1060. The van der Waals surface area contributed by atoms with E-state index in [4.69, 9.17) is 4.74 Å². The van der Waals surface area contributed by atoms with Crippen molar-refractivity contribution < 1.29 is 19.1 Å². The molecule has 0 atom stereocenters. The van der Waals surface area contributed by atoms with Crippen molar-refractivity contribution in [2.45, 2.75) is 6.42 Å². The Morgan fingerprint density at radius 2 is 1.39 bits per heavy atom. The number of nitrogens with one attached hydrogen (secondary N) is 1. The SMILES string of the molecule is O=C(CN1CCN(CCN2C(=O)c3cccc4cccc(c34)C2=O)CC1)NCCCN1CCOCC1. The number of nitrogens with zero attached hydrogens (tertiary/aromatic N) is 4. The second-order valence-corrected chi connectivity index (χ2v) is 9.75. The molecule has 2 saturated heterocycles. The first-order chi connectivity index (χ1) is 17.6. The van der Waals surface area contributed by atoms with Crippen LogP contribution in [0, 0.1) is 0 Å². The van der Waals surface area contributed by atoms with Gasteiger partial charge in [0, 0.05) is 75.4 Å². The lowest BCUT2D eigenvalue weighted by molar-refractivity contribution is -0.122. The van der Waals surface area contributed by atoms with Crippen LogP contribution in [0.15, 0.2) is 36.4 Å². The minimum atomic E-state index is -0.215. The lowest BCUT2D eigenvalue weighted by atomic mass is 9.94. The molecule has 3 heterocycles. The molecule has 36 heavy (non-hydrogen) atoms. The fraction of sp³-hybridized carbons (Fsp3) is 0.519. The largest absolute Gasteiger partial charge is 0.379 e. The molecular formula is C27H35N5O4. The number of morpholine rings is 1. The first-order valence-electron chi connectivity index (χ1n) is 13.0. The molecule has 5 rings (SSSR count). The number of carbonyl (C=O) groups is 3. The molecule has 0 radical (unpaired) electrons. The van der Waals surface area contributed by atoms with Crippen molar-refractivity contribution in [3.63, 3.8) is 0 Å². The molecule has 3 aliphatic heterocycles. The fourth-order valence-electron chi connectivity index (χ4n) is 5.31. The summed E-state index contributed by atoms with van der Waals surface area (Å²) < 4.78 is 5.36. The highest BCUT2D eigenvalue weighted by molar-refractivity contribution is 6.25. The summed E-state index contributed by atoms with van der Waals surface area (Å²) in [5.41, 5.74) is 1.20. The van der Waals surface area contributed by atoms with Crippen molar-refractivity contribution in [3.8, 4) is 0 Å². The Balaban J connectivity index is 1.03. The molecule has 2 aromatic rings. The molecule has 1 N–H and O–H groups in total. The van der Waals surface area contributed by atoms with Gasteiger partial charge in [-0.25, -0.2) is 0 Å². The highest BCUT2D eigenvalue weighted by Crippen LogP contribution is 2.29. The molecule has 9 nitrogen and oxygen atoms in total. The van der Waals surface area contributed by atoms with Gasteiger partial charge >= 0.3 is 0 Å². The Labute approximate surface area is 211 Å². The quantitative estimate of drug-likeness (QED) is 0.410. The number of hydrogen-bond donors (Lipinski definition) is 1. The molecule has 0 aliphatic carbocycles. The van der Waals surface area contributed by atoms with Gasteiger partial charge in [0.15, 0.2) is 0 Å². The van der Waals surface area contributed by atoms with Gasteiger partial charge in [-0.05, 0) is 30.5 Å². The van der Waals surface area contributed by atoms with Crippen LogP contribution in [0.2, 0.25) is 0 Å². The van der Waals surface area contributed by atoms with E-state index >= 15 is 0 Å². The number of benzene rings is 2. The molecule has 0 aromatic heterocycles. The molecule has 2 aromatic carbocycles. The first kappa shape index (κ1) is 24.8. The number of amides is 3. The summed E-state index contributed by atoms with van der Waals surface area (Å²) in [6, 6.07) is 11.2. The second-order valence-electron chi connectivity index (χ2n) is 9.75. The number of ether oxygens (including phenoxy) is 1. The lowest BCUT2D eigenvalue weighted by Gasteiger charge is -2.35.